The van der Waals surface area contributed by atoms with Crippen LogP contribution in [0.4, 0.5) is 0 Å². The number of fused-ring (bicyclic) bond motifs is 3. The van der Waals surface area contributed by atoms with Crippen LogP contribution in [0.2, 0.25) is 0 Å². The lowest BCUT2D eigenvalue weighted by molar-refractivity contribution is 0.0926. The number of rotatable bonds is 0. The molecule has 1 aromatic heterocycles. The van der Waals surface area contributed by atoms with E-state index < -0.39 is 0 Å². The number of aryl methyl sites for hydroxylation is 1. The predicted octanol–water partition coefficient (Wildman–Crippen LogP) is 1.46. The smallest absolute Gasteiger partial charge is 0.267 e. The standard InChI is InChI=1S/C12H16N2O/c1-12(2)4-3-8-7-9-11(15)13-5-6-14(9)10(8)12/h7H,3-6H2,1-2H3,(H,13,15). The third-order valence-electron chi connectivity index (χ3n) is 3.69. The van der Waals surface area contributed by atoms with Gasteiger partial charge in [0.2, 0.25) is 0 Å². The molecule has 0 saturated carbocycles. The Morgan fingerprint density at radius 2 is 2.27 bits per heavy atom. The summed E-state index contributed by atoms with van der Waals surface area (Å²) in [4.78, 5) is 11.7. The number of nitrogens with zero attached hydrogens (tertiary/aromatic N) is 1. The first-order valence-corrected chi connectivity index (χ1v) is 5.61. The van der Waals surface area contributed by atoms with E-state index in [2.05, 4.69) is 29.8 Å². The molecule has 0 fully saturated rings. The summed E-state index contributed by atoms with van der Waals surface area (Å²) in [5, 5.41) is 2.89. The van der Waals surface area contributed by atoms with E-state index in [9.17, 15) is 4.79 Å². The van der Waals surface area contributed by atoms with Crippen molar-refractivity contribution in [2.24, 2.45) is 0 Å². The average molecular weight is 204 g/mol. The summed E-state index contributed by atoms with van der Waals surface area (Å²) in [5.74, 6) is 0.0893. The van der Waals surface area contributed by atoms with Crippen molar-refractivity contribution in [3.63, 3.8) is 0 Å². The van der Waals surface area contributed by atoms with Gasteiger partial charge in [0.1, 0.15) is 5.69 Å². The largest absolute Gasteiger partial charge is 0.349 e. The molecule has 2 heterocycles. The Morgan fingerprint density at radius 1 is 1.47 bits per heavy atom. The summed E-state index contributed by atoms with van der Waals surface area (Å²) >= 11 is 0. The molecule has 3 rings (SSSR count). The quantitative estimate of drug-likeness (QED) is 0.682. The van der Waals surface area contributed by atoms with E-state index in [1.807, 2.05) is 0 Å². The first kappa shape index (κ1) is 9.01. The third kappa shape index (κ3) is 1.09. The fourth-order valence-electron chi connectivity index (χ4n) is 2.95. The first-order chi connectivity index (χ1) is 7.09. The van der Waals surface area contributed by atoms with E-state index in [1.54, 1.807) is 0 Å². The highest BCUT2D eigenvalue weighted by Gasteiger charge is 2.36. The summed E-state index contributed by atoms with van der Waals surface area (Å²) < 4.78 is 2.22. The van der Waals surface area contributed by atoms with Crippen LogP contribution in [0.25, 0.3) is 0 Å². The monoisotopic (exact) mass is 204 g/mol. The molecule has 0 saturated heterocycles. The predicted molar refractivity (Wildman–Crippen MR) is 58.1 cm³/mol. The van der Waals surface area contributed by atoms with Crippen molar-refractivity contribution in [3.8, 4) is 0 Å². The van der Waals surface area contributed by atoms with E-state index >= 15 is 0 Å². The number of hydrogen-bond donors (Lipinski definition) is 1. The number of nitrogens with one attached hydrogen (secondary N) is 1. The fraction of sp³-hybridized carbons (Fsp3) is 0.583. The fourth-order valence-corrected chi connectivity index (χ4v) is 2.95. The molecule has 2 aliphatic rings. The van der Waals surface area contributed by atoms with E-state index in [0.717, 1.165) is 25.2 Å². The summed E-state index contributed by atoms with van der Waals surface area (Å²) in [6, 6.07) is 2.08. The number of amides is 1. The van der Waals surface area contributed by atoms with Gasteiger partial charge in [0.25, 0.3) is 5.91 Å². The highest BCUT2D eigenvalue weighted by atomic mass is 16.2. The van der Waals surface area contributed by atoms with Crippen LogP contribution >= 0.6 is 0 Å². The average Bonchev–Trinajstić information content (AvgIpc) is 2.67. The van der Waals surface area contributed by atoms with Gasteiger partial charge in [0, 0.05) is 24.2 Å². The molecule has 0 atom stereocenters. The highest BCUT2D eigenvalue weighted by Crippen LogP contribution is 2.40. The molecule has 0 spiro atoms. The van der Waals surface area contributed by atoms with Gasteiger partial charge in [-0.3, -0.25) is 4.79 Å². The van der Waals surface area contributed by atoms with E-state index in [0.29, 0.717) is 0 Å². The normalized spacial score (nSPS) is 22.1. The van der Waals surface area contributed by atoms with Gasteiger partial charge in [-0.15, -0.1) is 0 Å². The van der Waals surface area contributed by atoms with E-state index in [4.69, 9.17) is 0 Å². The maximum Gasteiger partial charge on any atom is 0.267 e. The summed E-state index contributed by atoms with van der Waals surface area (Å²) in [7, 11) is 0. The van der Waals surface area contributed by atoms with Gasteiger partial charge in [-0.05, 0) is 24.5 Å². The van der Waals surface area contributed by atoms with E-state index in [-0.39, 0.29) is 11.3 Å². The van der Waals surface area contributed by atoms with Crippen molar-refractivity contribution in [3.05, 3.63) is 23.0 Å². The molecule has 3 nitrogen and oxygen atoms in total. The van der Waals surface area contributed by atoms with Gasteiger partial charge in [0.05, 0.1) is 0 Å². The minimum absolute atomic E-state index is 0.0893. The molecule has 0 bridgehead atoms. The van der Waals surface area contributed by atoms with Crippen molar-refractivity contribution >= 4 is 5.91 Å². The second-order valence-corrected chi connectivity index (χ2v) is 5.19. The molecule has 0 radical (unpaired) electrons. The van der Waals surface area contributed by atoms with Crippen molar-refractivity contribution in [1.29, 1.82) is 0 Å². The summed E-state index contributed by atoms with van der Waals surface area (Å²) in [6.07, 6.45) is 2.33. The Kier molecular flexibility index (Phi) is 1.59. The van der Waals surface area contributed by atoms with Crippen LogP contribution in [0.1, 0.15) is 42.0 Å². The van der Waals surface area contributed by atoms with Crippen LogP contribution in [-0.4, -0.2) is 17.0 Å². The Morgan fingerprint density at radius 3 is 3.07 bits per heavy atom. The van der Waals surface area contributed by atoms with Gasteiger partial charge in [0.15, 0.2) is 0 Å². The lowest BCUT2D eigenvalue weighted by atomic mass is 9.90. The van der Waals surface area contributed by atoms with Gasteiger partial charge in [-0.25, -0.2) is 0 Å². The zero-order chi connectivity index (χ0) is 10.6. The van der Waals surface area contributed by atoms with Crippen LogP contribution in [0, 0.1) is 0 Å². The SMILES string of the molecule is CC1(C)CCc2cc3n(c21)CCNC3=O. The molecule has 15 heavy (non-hydrogen) atoms. The van der Waals surface area contributed by atoms with Crippen LogP contribution in [0.15, 0.2) is 6.07 Å². The molecule has 1 amide bonds. The van der Waals surface area contributed by atoms with Gasteiger partial charge >= 0.3 is 0 Å². The molecule has 80 valence electrons. The third-order valence-corrected chi connectivity index (χ3v) is 3.69. The number of aromatic nitrogens is 1. The Hall–Kier alpha value is -1.25. The van der Waals surface area contributed by atoms with Crippen molar-refractivity contribution < 1.29 is 4.79 Å². The maximum absolute atomic E-state index is 11.7. The maximum atomic E-state index is 11.7. The molecule has 1 aliphatic heterocycles. The van der Waals surface area contributed by atoms with E-state index in [1.165, 1.54) is 17.7 Å². The van der Waals surface area contributed by atoms with Crippen molar-refractivity contribution in [2.45, 2.75) is 38.6 Å². The van der Waals surface area contributed by atoms with Crippen LogP contribution in [0.5, 0.6) is 0 Å². The Bertz CT molecular complexity index is 443. The zero-order valence-electron chi connectivity index (χ0n) is 9.26. The van der Waals surface area contributed by atoms with Crippen molar-refractivity contribution in [1.82, 2.24) is 9.88 Å². The molecule has 1 aromatic rings. The molecular weight excluding hydrogens is 188 g/mol. The zero-order valence-corrected chi connectivity index (χ0v) is 9.26. The second-order valence-electron chi connectivity index (χ2n) is 5.19. The molecule has 0 aromatic carbocycles. The molecule has 1 N–H and O–H groups in total. The van der Waals surface area contributed by atoms with Crippen LogP contribution < -0.4 is 5.32 Å². The van der Waals surface area contributed by atoms with Crippen molar-refractivity contribution in [2.75, 3.05) is 6.54 Å². The lowest BCUT2D eigenvalue weighted by Gasteiger charge is -2.25. The Labute approximate surface area is 89.5 Å². The molecule has 1 aliphatic carbocycles. The highest BCUT2D eigenvalue weighted by molar-refractivity contribution is 5.94. The minimum Gasteiger partial charge on any atom is -0.349 e. The minimum atomic E-state index is 0.0893. The van der Waals surface area contributed by atoms with Gasteiger partial charge < -0.3 is 9.88 Å². The number of carbonyl (C=O) groups excluding carboxylic acids is 1. The lowest BCUT2D eigenvalue weighted by Crippen LogP contribution is -2.36. The second kappa shape index (κ2) is 2.65. The molecule has 0 unspecified atom stereocenters. The number of hydrogen-bond acceptors (Lipinski definition) is 1. The van der Waals surface area contributed by atoms with Crippen LogP contribution in [-0.2, 0) is 18.4 Å². The first-order valence-electron chi connectivity index (χ1n) is 5.61. The summed E-state index contributed by atoms with van der Waals surface area (Å²) in [5.41, 5.74) is 3.88. The topological polar surface area (TPSA) is 34.0 Å². The number of carbonyl (C=O) groups is 1. The van der Waals surface area contributed by atoms with Gasteiger partial charge in [-0.1, -0.05) is 13.8 Å². The molecule has 3 heteroatoms. The Balaban J connectivity index is 2.22. The van der Waals surface area contributed by atoms with Gasteiger partial charge in [-0.2, -0.15) is 0 Å². The molecular formula is C12H16N2O. The van der Waals surface area contributed by atoms with Crippen LogP contribution in [0.3, 0.4) is 0 Å². The summed E-state index contributed by atoms with van der Waals surface area (Å²) in [6.45, 7) is 6.25.